The summed E-state index contributed by atoms with van der Waals surface area (Å²) in [5, 5.41) is 3.38. The normalized spacial score (nSPS) is 19.1. The largest absolute Gasteiger partial charge is 0.465 e. The van der Waals surface area contributed by atoms with Crippen molar-refractivity contribution in [2.24, 2.45) is 0 Å². The molecular formula is C16H28N2O2. The molecule has 1 aliphatic heterocycles. The minimum Gasteiger partial charge on any atom is -0.465 e. The molecule has 0 bridgehead atoms. The van der Waals surface area contributed by atoms with Crippen LogP contribution in [0.15, 0.2) is 10.5 Å². The molecule has 0 spiro atoms. The summed E-state index contributed by atoms with van der Waals surface area (Å²) in [6.45, 7) is 8.95. The third-order valence-corrected chi connectivity index (χ3v) is 3.78. The third kappa shape index (κ3) is 4.62. The molecule has 1 N–H and O–H groups in total. The smallest absolute Gasteiger partial charge is 0.118 e. The predicted octanol–water partition coefficient (Wildman–Crippen LogP) is 2.70. The van der Waals surface area contributed by atoms with Gasteiger partial charge in [0.1, 0.15) is 11.5 Å². The molecule has 0 amide bonds. The number of nitrogens with zero attached hydrogens (tertiary/aromatic N) is 1. The number of hydrogen-bond acceptors (Lipinski definition) is 4. The molecule has 20 heavy (non-hydrogen) atoms. The van der Waals surface area contributed by atoms with E-state index >= 15 is 0 Å². The van der Waals surface area contributed by atoms with Gasteiger partial charge < -0.3 is 14.5 Å². The van der Waals surface area contributed by atoms with Crippen molar-refractivity contribution in [2.45, 2.75) is 52.3 Å². The van der Waals surface area contributed by atoms with E-state index in [9.17, 15) is 0 Å². The van der Waals surface area contributed by atoms with Crippen molar-refractivity contribution in [2.75, 3.05) is 26.7 Å². The van der Waals surface area contributed by atoms with Crippen LogP contribution in [0.25, 0.3) is 0 Å². The number of hydrogen-bond donors (Lipinski definition) is 1. The zero-order valence-electron chi connectivity index (χ0n) is 13.1. The summed E-state index contributed by atoms with van der Waals surface area (Å²) in [7, 11) is 2.16. The van der Waals surface area contributed by atoms with E-state index in [4.69, 9.17) is 9.15 Å². The highest BCUT2D eigenvalue weighted by Gasteiger charge is 2.18. The van der Waals surface area contributed by atoms with Crippen molar-refractivity contribution in [1.29, 1.82) is 0 Å². The molecule has 4 nitrogen and oxygen atoms in total. The van der Waals surface area contributed by atoms with E-state index in [2.05, 4.69) is 37.2 Å². The Morgan fingerprint density at radius 3 is 3.00 bits per heavy atom. The fourth-order valence-corrected chi connectivity index (χ4v) is 2.71. The summed E-state index contributed by atoms with van der Waals surface area (Å²) in [4.78, 5) is 2.33. The Labute approximate surface area is 122 Å². The van der Waals surface area contributed by atoms with Gasteiger partial charge in [-0.05, 0) is 45.8 Å². The highest BCUT2D eigenvalue weighted by atomic mass is 16.5. The molecule has 1 atom stereocenters. The number of likely N-dealkylation sites (N-methyl/N-ethyl adjacent to an activating group) is 1. The average molecular weight is 280 g/mol. The van der Waals surface area contributed by atoms with Gasteiger partial charge >= 0.3 is 0 Å². The molecule has 0 radical (unpaired) electrons. The van der Waals surface area contributed by atoms with Crippen LogP contribution in [0.5, 0.6) is 0 Å². The first kappa shape index (κ1) is 15.5. The van der Waals surface area contributed by atoms with E-state index < -0.39 is 0 Å². The minimum atomic E-state index is 0.415. The molecular weight excluding hydrogens is 252 g/mol. The Bertz CT molecular complexity index is 397. The quantitative estimate of drug-likeness (QED) is 0.743. The highest BCUT2D eigenvalue weighted by Crippen LogP contribution is 2.18. The van der Waals surface area contributed by atoms with E-state index in [1.54, 1.807) is 0 Å². The SMILES string of the molecule is CCCNCc1cc(CN(C)CC2CCCO2)c(C)o1. The van der Waals surface area contributed by atoms with Gasteiger partial charge in [0, 0.05) is 25.3 Å². The van der Waals surface area contributed by atoms with Crippen LogP contribution in [0, 0.1) is 6.92 Å². The van der Waals surface area contributed by atoms with Crippen LogP contribution in [0.4, 0.5) is 0 Å². The highest BCUT2D eigenvalue weighted by molar-refractivity contribution is 5.20. The molecule has 1 fully saturated rings. The van der Waals surface area contributed by atoms with Crippen LogP contribution in [0.1, 0.15) is 43.3 Å². The second kappa shape index (κ2) is 7.81. The Balaban J connectivity index is 1.81. The lowest BCUT2D eigenvalue weighted by molar-refractivity contribution is 0.0792. The lowest BCUT2D eigenvalue weighted by Crippen LogP contribution is -2.28. The van der Waals surface area contributed by atoms with Gasteiger partial charge in [0.05, 0.1) is 12.6 Å². The summed E-state index contributed by atoms with van der Waals surface area (Å²) in [5.74, 6) is 2.08. The molecule has 2 heterocycles. The van der Waals surface area contributed by atoms with Gasteiger partial charge in [0.15, 0.2) is 0 Å². The average Bonchev–Trinajstić information content (AvgIpc) is 3.01. The van der Waals surface area contributed by atoms with E-state index in [0.717, 1.165) is 50.7 Å². The van der Waals surface area contributed by atoms with Crippen molar-refractivity contribution in [3.63, 3.8) is 0 Å². The first-order valence-corrected chi connectivity index (χ1v) is 7.78. The van der Waals surface area contributed by atoms with E-state index in [1.807, 2.05) is 0 Å². The molecule has 1 aliphatic rings. The molecule has 0 aliphatic carbocycles. The van der Waals surface area contributed by atoms with E-state index in [1.165, 1.54) is 18.4 Å². The van der Waals surface area contributed by atoms with Crippen molar-refractivity contribution in [3.8, 4) is 0 Å². The van der Waals surface area contributed by atoms with Crippen LogP contribution in [-0.4, -0.2) is 37.7 Å². The molecule has 0 aromatic carbocycles. The molecule has 1 aromatic rings. The minimum absolute atomic E-state index is 0.415. The second-order valence-corrected chi connectivity index (χ2v) is 5.80. The molecule has 0 saturated carbocycles. The Morgan fingerprint density at radius 2 is 2.30 bits per heavy atom. The summed E-state index contributed by atoms with van der Waals surface area (Å²) in [6.07, 6.45) is 3.96. The first-order chi connectivity index (χ1) is 9.69. The topological polar surface area (TPSA) is 37.6 Å². The molecule has 2 rings (SSSR count). The maximum Gasteiger partial charge on any atom is 0.118 e. The molecule has 1 saturated heterocycles. The van der Waals surface area contributed by atoms with Crippen LogP contribution in [-0.2, 0) is 17.8 Å². The lowest BCUT2D eigenvalue weighted by Gasteiger charge is -2.19. The van der Waals surface area contributed by atoms with Crippen LogP contribution in [0.3, 0.4) is 0 Å². The second-order valence-electron chi connectivity index (χ2n) is 5.80. The van der Waals surface area contributed by atoms with Crippen molar-refractivity contribution in [3.05, 3.63) is 23.2 Å². The maximum atomic E-state index is 5.81. The number of nitrogens with one attached hydrogen (secondary N) is 1. The summed E-state index contributed by atoms with van der Waals surface area (Å²) >= 11 is 0. The van der Waals surface area contributed by atoms with E-state index in [-0.39, 0.29) is 0 Å². The number of rotatable bonds is 8. The third-order valence-electron chi connectivity index (χ3n) is 3.78. The maximum absolute atomic E-state index is 5.81. The van der Waals surface area contributed by atoms with Gasteiger partial charge in [-0.1, -0.05) is 6.92 Å². The van der Waals surface area contributed by atoms with Gasteiger partial charge in [-0.2, -0.15) is 0 Å². The first-order valence-electron chi connectivity index (χ1n) is 7.78. The van der Waals surface area contributed by atoms with Crippen LogP contribution in [0.2, 0.25) is 0 Å². The predicted molar refractivity (Wildman–Crippen MR) is 80.8 cm³/mol. The summed E-state index contributed by atoms with van der Waals surface area (Å²) < 4.78 is 11.5. The summed E-state index contributed by atoms with van der Waals surface area (Å²) in [5.41, 5.74) is 1.29. The summed E-state index contributed by atoms with van der Waals surface area (Å²) in [6, 6.07) is 2.18. The monoisotopic (exact) mass is 280 g/mol. The van der Waals surface area contributed by atoms with Crippen LogP contribution < -0.4 is 5.32 Å². The number of furan rings is 1. The molecule has 4 heteroatoms. The number of aryl methyl sites for hydroxylation is 1. The fraction of sp³-hybridized carbons (Fsp3) is 0.750. The molecule has 114 valence electrons. The number of ether oxygens (including phenoxy) is 1. The van der Waals surface area contributed by atoms with Crippen molar-refractivity contribution in [1.82, 2.24) is 10.2 Å². The molecule has 1 unspecified atom stereocenters. The van der Waals surface area contributed by atoms with Gasteiger partial charge in [0.25, 0.3) is 0 Å². The zero-order chi connectivity index (χ0) is 14.4. The van der Waals surface area contributed by atoms with Gasteiger partial charge in [0.2, 0.25) is 0 Å². The van der Waals surface area contributed by atoms with Gasteiger partial charge in [-0.25, -0.2) is 0 Å². The standard InChI is InChI=1S/C16H28N2O2/c1-4-7-17-10-16-9-14(13(2)20-16)11-18(3)12-15-6-5-8-19-15/h9,15,17H,4-8,10-12H2,1-3H3. The van der Waals surface area contributed by atoms with Crippen molar-refractivity contribution >= 4 is 0 Å². The van der Waals surface area contributed by atoms with Crippen LogP contribution >= 0.6 is 0 Å². The van der Waals surface area contributed by atoms with Crippen molar-refractivity contribution < 1.29 is 9.15 Å². The van der Waals surface area contributed by atoms with Gasteiger partial charge in [-0.3, -0.25) is 4.90 Å². The Hall–Kier alpha value is -0.840. The molecule has 1 aromatic heterocycles. The van der Waals surface area contributed by atoms with Gasteiger partial charge in [-0.15, -0.1) is 0 Å². The van der Waals surface area contributed by atoms with E-state index in [0.29, 0.717) is 6.10 Å². The Kier molecular flexibility index (Phi) is 6.07. The Morgan fingerprint density at radius 1 is 1.45 bits per heavy atom. The fourth-order valence-electron chi connectivity index (χ4n) is 2.71. The zero-order valence-corrected chi connectivity index (χ0v) is 13.1. The lowest BCUT2D eigenvalue weighted by atomic mass is 10.2.